The highest BCUT2D eigenvalue weighted by Gasteiger charge is 2.47. The fraction of sp³-hybridized carbons (Fsp3) is 0.500. The monoisotopic (exact) mass is 450 g/mol. The average molecular weight is 451 g/mol. The van der Waals surface area contributed by atoms with Crippen molar-refractivity contribution in [3.05, 3.63) is 47.2 Å². The molecule has 3 aliphatic rings. The molecule has 2 aromatic heterocycles. The zero-order valence-corrected chi connectivity index (χ0v) is 18.9. The van der Waals surface area contributed by atoms with E-state index in [1.54, 1.807) is 11.8 Å². The Hall–Kier alpha value is -3.47. The largest absolute Gasteiger partial charge is 0.456 e. The lowest BCUT2D eigenvalue weighted by Crippen LogP contribution is -2.48. The van der Waals surface area contributed by atoms with Crippen LogP contribution in [-0.2, 0) is 20.7 Å². The molecule has 0 N–H and O–H groups in total. The second-order valence-corrected chi connectivity index (χ2v) is 8.97. The lowest BCUT2D eigenvalue weighted by molar-refractivity contribution is -0.138. The minimum atomic E-state index is -0.502. The van der Waals surface area contributed by atoms with Gasteiger partial charge in [-0.2, -0.15) is 9.78 Å². The van der Waals surface area contributed by atoms with Crippen LogP contribution in [0, 0.1) is 12.3 Å². The van der Waals surface area contributed by atoms with Gasteiger partial charge in [-0.1, -0.05) is 6.08 Å². The first-order chi connectivity index (χ1) is 15.9. The highest BCUT2D eigenvalue weighted by Crippen LogP contribution is 2.42. The van der Waals surface area contributed by atoms with Crippen LogP contribution in [-0.4, -0.2) is 77.8 Å². The number of piperidine rings is 1. The number of aryl methyl sites for hydroxylation is 1. The Kier molecular flexibility index (Phi) is 5.28. The normalized spacial score (nSPS) is 21.4. The van der Waals surface area contributed by atoms with Crippen molar-refractivity contribution in [1.29, 1.82) is 0 Å². The van der Waals surface area contributed by atoms with Crippen LogP contribution in [0.4, 0.5) is 0 Å². The summed E-state index contributed by atoms with van der Waals surface area (Å²) in [4.78, 5) is 29.0. The third kappa shape index (κ3) is 3.71. The molecule has 0 saturated carbocycles. The number of tetrazole rings is 1. The van der Waals surface area contributed by atoms with Gasteiger partial charge in [0.2, 0.25) is 5.91 Å². The van der Waals surface area contributed by atoms with E-state index in [2.05, 4.69) is 37.5 Å². The van der Waals surface area contributed by atoms with Gasteiger partial charge in [0.25, 0.3) is 0 Å². The summed E-state index contributed by atoms with van der Waals surface area (Å²) in [6.45, 7) is 7.69. The number of hydrogen-bond acceptors (Lipinski definition) is 9. The summed E-state index contributed by atoms with van der Waals surface area (Å²) in [6.07, 6.45) is 7.56. The lowest BCUT2D eigenvalue weighted by Gasteiger charge is -2.40. The molecule has 11 heteroatoms. The molecule has 1 saturated heterocycles. The number of carbonyl (C=O) groups excluding carboxylic acids is 2. The Balaban J connectivity index is 1.21. The molecule has 0 aromatic carbocycles. The molecule has 11 nitrogen and oxygen atoms in total. The third-order valence-electron chi connectivity index (χ3n) is 7.02. The van der Waals surface area contributed by atoms with Crippen LogP contribution in [0.5, 0.6) is 0 Å². The van der Waals surface area contributed by atoms with Crippen LogP contribution >= 0.6 is 0 Å². The average Bonchev–Trinajstić information content (AvgIpc) is 3.53. The Morgan fingerprint density at radius 2 is 1.97 bits per heavy atom. The van der Waals surface area contributed by atoms with Crippen LogP contribution in [0.15, 0.2) is 35.9 Å². The number of hydrogen-bond donors (Lipinski definition) is 0. The fourth-order valence-corrected chi connectivity index (χ4v) is 4.76. The molecular formula is C22H26N8O3. The first-order valence-electron chi connectivity index (χ1n) is 11.1. The summed E-state index contributed by atoms with van der Waals surface area (Å²) in [6, 6.07) is 2.19. The van der Waals surface area contributed by atoms with Crippen LogP contribution in [0.1, 0.15) is 37.9 Å². The van der Waals surface area contributed by atoms with Crippen LogP contribution in [0.2, 0.25) is 0 Å². The van der Waals surface area contributed by atoms with Gasteiger partial charge in [0.15, 0.2) is 5.82 Å². The van der Waals surface area contributed by atoms with Gasteiger partial charge in [0.1, 0.15) is 12.9 Å². The molecule has 1 amide bonds. The second kappa shape index (κ2) is 8.14. The molecule has 0 aliphatic carbocycles. The lowest BCUT2D eigenvalue weighted by atomic mass is 9.78. The Labute approximate surface area is 191 Å². The first kappa shape index (κ1) is 21.4. The highest BCUT2D eigenvalue weighted by molar-refractivity contribution is 5.95. The number of aromatic nitrogens is 6. The number of ether oxygens (including phenoxy) is 1. The minimum absolute atomic E-state index is 0.0438. The SMILES string of the molecule is CC1=C(N2C=CC3(CCN(C(C)Cc4nnc(-n5cnnn5)cc4C)CC3)C2=O)COC1=O. The van der Waals surface area contributed by atoms with Crippen molar-refractivity contribution >= 4 is 11.9 Å². The number of carbonyl (C=O) groups is 2. The number of nitrogens with zero attached hydrogens (tertiary/aromatic N) is 8. The molecule has 1 atom stereocenters. The Morgan fingerprint density at radius 3 is 2.61 bits per heavy atom. The molecule has 1 fully saturated rings. The summed E-state index contributed by atoms with van der Waals surface area (Å²) in [7, 11) is 0. The van der Waals surface area contributed by atoms with Crippen molar-refractivity contribution < 1.29 is 14.3 Å². The minimum Gasteiger partial charge on any atom is -0.456 e. The van der Waals surface area contributed by atoms with Gasteiger partial charge in [-0.05, 0) is 68.8 Å². The molecule has 5 heterocycles. The second-order valence-electron chi connectivity index (χ2n) is 8.97. The topological polar surface area (TPSA) is 119 Å². The van der Waals surface area contributed by atoms with E-state index < -0.39 is 5.41 Å². The van der Waals surface area contributed by atoms with E-state index in [0.717, 1.165) is 43.6 Å². The predicted octanol–water partition coefficient (Wildman–Crippen LogP) is 0.961. The Morgan fingerprint density at radius 1 is 1.18 bits per heavy atom. The summed E-state index contributed by atoms with van der Waals surface area (Å²) >= 11 is 0. The van der Waals surface area contributed by atoms with Gasteiger partial charge in [0.05, 0.1) is 22.4 Å². The summed E-state index contributed by atoms with van der Waals surface area (Å²) in [5.74, 6) is 0.284. The molecular weight excluding hydrogens is 424 g/mol. The van der Waals surface area contributed by atoms with Gasteiger partial charge in [-0.25, -0.2) is 4.79 Å². The van der Waals surface area contributed by atoms with Crippen molar-refractivity contribution in [2.45, 2.75) is 46.1 Å². The zero-order valence-electron chi connectivity index (χ0n) is 18.9. The van der Waals surface area contributed by atoms with Crippen molar-refractivity contribution in [3.8, 4) is 5.82 Å². The number of cyclic esters (lactones) is 1. The van der Waals surface area contributed by atoms with E-state index >= 15 is 0 Å². The maximum atomic E-state index is 13.3. The van der Waals surface area contributed by atoms with Gasteiger partial charge < -0.3 is 9.64 Å². The summed E-state index contributed by atoms with van der Waals surface area (Å²) in [5, 5.41) is 19.8. The van der Waals surface area contributed by atoms with Crippen molar-refractivity contribution in [3.63, 3.8) is 0 Å². The number of likely N-dealkylation sites (tertiary alicyclic amines) is 1. The molecule has 5 rings (SSSR count). The standard InChI is InChI=1S/C22H26N8O3/c1-14-10-19(30-13-23-26-27-30)25-24-17(14)11-15(2)28-7-4-22(5-8-28)6-9-29(21(22)32)18-12-33-20(31)16(18)3/h6,9-10,13,15H,4-5,7-8,11-12H2,1-3H3. The number of amides is 1. The smallest absolute Gasteiger partial charge is 0.336 e. The summed E-state index contributed by atoms with van der Waals surface area (Å²) in [5.41, 5.74) is 2.65. The molecule has 33 heavy (non-hydrogen) atoms. The van der Waals surface area contributed by atoms with E-state index in [1.807, 2.05) is 25.3 Å². The molecule has 172 valence electrons. The molecule has 1 unspecified atom stereocenters. The number of rotatable bonds is 5. The predicted molar refractivity (Wildman–Crippen MR) is 116 cm³/mol. The van der Waals surface area contributed by atoms with Crippen LogP contribution in [0.25, 0.3) is 5.82 Å². The van der Waals surface area contributed by atoms with E-state index in [0.29, 0.717) is 17.1 Å². The van der Waals surface area contributed by atoms with E-state index in [9.17, 15) is 9.59 Å². The van der Waals surface area contributed by atoms with Crippen LogP contribution in [0.3, 0.4) is 0 Å². The maximum Gasteiger partial charge on any atom is 0.336 e. The Bertz CT molecular complexity index is 1150. The third-order valence-corrected chi connectivity index (χ3v) is 7.02. The number of esters is 1. The molecule has 0 radical (unpaired) electrons. The summed E-state index contributed by atoms with van der Waals surface area (Å²) < 4.78 is 6.57. The highest BCUT2D eigenvalue weighted by atomic mass is 16.5. The molecule has 1 spiro atoms. The van der Waals surface area contributed by atoms with Crippen LogP contribution < -0.4 is 0 Å². The molecule has 2 aromatic rings. The maximum absolute atomic E-state index is 13.3. The van der Waals surface area contributed by atoms with Gasteiger partial charge >= 0.3 is 5.97 Å². The van der Waals surface area contributed by atoms with E-state index in [4.69, 9.17) is 4.74 Å². The first-order valence-corrected chi connectivity index (χ1v) is 11.1. The van der Waals surface area contributed by atoms with Gasteiger partial charge in [-0.3, -0.25) is 9.69 Å². The van der Waals surface area contributed by atoms with Crippen molar-refractivity contribution in [1.82, 2.24) is 40.2 Å². The fourth-order valence-electron chi connectivity index (χ4n) is 4.76. The molecule has 3 aliphatic heterocycles. The van der Waals surface area contributed by atoms with Crippen molar-refractivity contribution in [2.75, 3.05) is 19.7 Å². The zero-order chi connectivity index (χ0) is 23.2. The van der Waals surface area contributed by atoms with Crippen molar-refractivity contribution in [2.24, 2.45) is 5.41 Å². The molecule has 0 bridgehead atoms. The van der Waals surface area contributed by atoms with Gasteiger partial charge in [0, 0.05) is 18.7 Å². The quantitative estimate of drug-likeness (QED) is 0.614. The van der Waals surface area contributed by atoms with Gasteiger partial charge in [-0.15, -0.1) is 10.2 Å². The van der Waals surface area contributed by atoms with E-state index in [1.165, 1.54) is 11.0 Å². The van der Waals surface area contributed by atoms with E-state index in [-0.39, 0.29) is 24.5 Å².